The van der Waals surface area contributed by atoms with Crippen LogP contribution in [0.2, 0.25) is 0 Å². The van der Waals surface area contributed by atoms with Gasteiger partial charge in [-0.3, -0.25) is 14.6 Å². The van der Waals surface area contributed by atoms with Crippen molar-refractivity contribution >= 4 is 38.9 Å². The van der Waals surface area contributed by atoms with E-state index in [1.807, 2.05) is 4.90 Å². The van der Waals surface area contributed by atoms with Crippen molar-refractivity contribution < 1.29 is 13.6 Å². The lowest BCUT2D eigenvalue weighted by molar-refractivity contribution is -0.117. The number of piperazine rings is 1. The molecule has 1 saturated heterocycles. The van der Waals surface area contributed by atoms with Gasteiger partial charge in [0.1, 0.15) is 11.6 Å². The fourth-order valence-electron chi connectivity index (χ4n) is 2.75. The molecule has 2 aromatic rings. The van der Waals surface area contributed by atoms with Crippen molar-refractivity contribution in [3.8, 4) is 0 Å². The second-order valence-electron chi connectivity index (χ2n) is 5.93. The highest BCUT2D eigenvalue weighted by Gasteiger charge is 2.20. The molecule has 25 heavy (non-hydrogen) atoms. The average Bonchev–Trinajstić information content (AvgIpc) is 2.97. The summed E-state index contributed by atoms with van der Waals surface area (Å²) in [6.07, 6.45) is 0. The van der Waals surface area contributed by atoms with Crippen LogP contribution >= 0.6 is 27.3 Å². The van der Waals surface area contributed by atoms with Crippen LogP contribution in [0.5, 0.6) is 0 Å². The maximum Gasteiger partial charge on any atom is 0.238 e. The Balaban J connectivity index is 1.44. The summed E-state index contributed by atoms with van der Waals surface area (Å²) in [5, 5.41) is 2.50. The molecule has 1 aromatic carbocycles. The van der Waals surface area contributed by atoms with E-state index in [1.165, 1.54) is 10.9 Å². The van der Waals surface area contributed by atoms with Crippen LogP contribution in [0.15, 0.2) is 34.1 Å². The fraction of sp³-hybridized carbons (Fsp3) is 0.353. The third-order valence-electron chi connectivity index (χ3n) is 4.05. The zero-order valence-electron chi connectivity index (χ0n) is 13.5. The van der Waals surface area contributed by atoms with E-state index in [2.05, 4.69) is 38.3 Å². The molecule has 8 heteroatoms. The summed E-state index contributed by atoms with van der Waals surface area (Å²) in [6, 6.07) is 7.29. The summed E-state index contributed by atoms with van der Waals surface area (Å²) in [5.74, 6) is -1.72. The number of hydrogen-bond donors (Lipinski definition) is 1. The third kappa shape index (κ3) is 5.31. The number of amides is 1. The molecule has 1 aliphatic heterocycles. The van der Waals surface area contributed by atoms with E-state index in [4.69, 9.17) is 0 Å². The second kappa shape index (κ2) is 8.35. The number of hydrogen-bond acceptors (Lipinski definition) is 4. The van der Waals surface area contributed by atoms with Gasteiger partial charge in [-0.2, -0.15) is 0 Å². The van der Waals surface area contributed by atoms with Gasteiger partial charge in [-0.25, -0.2) is 8.78 Å². The molecule has 0 bridgehead atoms. The van der Waals surface area contributed by atoms with Crippen LogP contribution in [0, 0.1) is 11.6 Å². The quantitative estimate of drug-likeness (QED) is 0.789. The summed E-state index contributed by atoms with van der Waals surface area (Å²) < 4.78 is 27.6. The van der Waals surface area contributed by atoms with Gasteiger partial charge < -0.3 is 5.32 Å². The zero-order valence-corrected chi connectivity index (χ0v) is 15.9. The molecule has 0 aliphatic carbocycles. The lowest BCUT2D eigenvalue weighted by Crippen LogP contribution is -2.48. The number of thiophene rings is 1. The van der Waals surface area contributed by atoms with Crippen LogP contribution in [0.25, 0.3) is 0 Å². The summed E-state index contributed by atoms with van der Waals surface area (Å²) in [6.45, 7) is 4.45. The SMILES string of the molecule is O=C(CN1CCN(Cc2ccc(Br)s2)CC1)Nc1ccc(F)cc1F. The van der Waals surface area contributed by atoms with E-state index in [-0.39, 0.29) is 18.1 Å². The van der Waals surface area contributed by atoms with Crippen molar-refractivity contribution in [1.29, 1.82) is 0 Å². The summed E-state index contributed by atoms with van der Waals surface area (Å²) >= 11 is 5.20. The van der Waals surface area contributed by atoms with Crippen LogP contribution in [0.4, 0.5) is 14.5 Å². The molecule has 134 valence electrons. The minimum Gasteiger partial charge on any atom is -0.322 e. The number of carbonyl (C=O) groups is 1. The highest BCUT2D eigenvalue weighted by molar-refractivity contribution is 9.11. The van der Waals surface area contributed by atoms with Crippen LogP contribution in [0.3, 0.4) is 0 Å². The molecule has 0 radical (unpaired) electrons. The zero-order chi connectivity index (χ0) is 17.8. The lowest BCUT2D eigenvalue weighted by atomic mass is 10.2. The first-order valence-corrected chi connectivity index (χ1v) is 9.54. The third-order valence-corrected chi connectivity index (χ3v) is 5.65. The average molecular weight is 430 g/mol. The predicted octanol–water partition coefficient (Wildman–Crippen LogP) is 3.55. The highest BCUT2D eigenvalue weighted by Crippen LogP contribution is 2.23. The largest absolute Gasteiger partial charge is 0.322 e. The molecule has 2 heterocycles. The maximum absolute atomic E-state index is 13.6. The Morgan fingerprint density at radius 3 is 2.48 bits per heavy atom. The summed E-state index contributed by atoms with van der Waals surface area (Å²) in [7, 11) is 0. The Kier molecular flexibility index (Phi) is 6.16. The fourth-order valence-corrected chi connectivity index (χ4v) is 4.27. The second-order valence-corrected chi connectivity index (χ2v) is 8.48. The van der Waals surface area contributed by atoms with Gasteiger partial charge in [-0.1, -0.05) is 0 Å². The van der Waals surface area contributed by atoms with Gasteiger partial charge in [0.05, 0.1) is 16.0 Å². The topological polar surface area (TPSA) is 35.6 Å². The minimum absolute atomic E-state index is 0.00769. The Morgan fingerprint density at radius 2 is 1.84 bits per heavy atom. The van der Waals surface area contributed by atoms with Crippen LogP contribution < -0.4 is 5.32 Å². The van der Waals surface area contributed by atoms with Crippen LogP contribution in [-0.4, -0.2) is 48.4 Å². The van der Waals surface area contributed by atoms with E-state index in [1.54, 1.807) is 11.3 Å². The molecule has 0 unspecified atom stereocenters. The molecular formula is C17H18BrF2N3OS. The van der Waals surface area contributed by atoms with Crippen molar-refractivity contribution in [2.24, 2.45) is 0 Å². The van der Waals surface area contributed by atoms with Crippen LogP contribution in [-0.2, 0) is 11.3 Å². The van der Waals surface area contributed by atoms with Gasteiger partial charge in [0, 0.05) is 43.7 Å². The summed E-state index contributed by atoms with van der Waals surface area (Å²) in [4.78, 5) is 17.8. The van der Waals surface area contributed by atoms with E-state index in [0.29, 0.717) is 0 Å². The van der Waals surface area contributed by atoms with Gasteiger partial charge in [-0.15, -0.1) is 11.3 Å². The Hall–Kier alpha value is -1.35. The van der Waals surface area contributed by atoms with E-state index < -0.39 is 11.6 Å². The first-order chi connectivity index (χ1) is 12.0. The number of nitrogens with one attached hydrogen (secondary N) is 1. The monoisotopic (exact) mass is 429 g/mol. The van der Waals surface area contributed by atoms with Crippen molar-refractivity contribution in [2.75, 3.05) is 38.0 Å². The number of anilines is 1. The number of rotatable bonds is 5. The van der Waals surface area contributed by atoms with Gasteiger partial charge in [0.15, 0.2) is 0 Å². The first kappa shape index (κ1) is 18.4. The molecule has 0 spiro atoms. The predicted molar refractivity (Wildman–Crippen MR) is 98.7 cm³/mol. The van der Waals surface area contributed by atoms with Crippen LogP contribution in [0.1, 0.15) is 4.88 Å². The lowest BCUT2D eigenvalue weighted by Gasteiger charge is -2.34. The number of benzene rings is 1. The van der Waals surface area contributed by atoms with Gasteiger partial charge >= 0.3 is 0 Å². The Morgan fingerprint density at radius 1 is 1.12 bits per heavy atom. The molecule has 0 saturated carbocycles. The van der Waals surface area contributed by atoms with Crippen molar-refractivity contribution in [2.45, 2.75) is 6.54 Å². The number of nitrogens with zero attached hydrogens (tertiary/aromatic N) is 2. The molecule has 1 aliphatic rings. The van der Waals surface area contributed by atoms with E-state index in [9.17, 15) is 13.6 Å². The molecule has 1 N–H and O–H groups in total. The van der Waals surface area contributed by atoms with E-state index >= 15 is 0 Å². The molecule has 3 rings (SSSR count). The van der Waals surface area contributed by atoms with Crippen molar-refractivity contribution in [3.05, 3.63) is 50.6 Å². The first-order valence-electron chi connectivity index (χ1n) is 7.93. The smallest absolute Gasteiger partial charge is 0.238 e. The molecule has 1 amide bonds. The van der Waals surface area contributed by atoms with Gasteiger partial charge in [0.25, 0.3) is 0 Å². The number of carbonyl (C=O) groups excluding carboxylic acids is 1. The molecule has 1 fully saturated rings. The molecule has 4 nitrogen and oxygen atoms in total. The van der Waals surface area contributed by atoms with Gasteiger partial charge in [0.2, 0.25) is 5.91 Å². The maximum atomic E-state index is 13.6. The molecular weight excluding hydrogens is 412 g/mol. The highest BCUT2D eigenvalue weighted by atomic mass is 79.9. The normalized spacial score (nSPS) is 16.1. The standard InChI is InChI=1S/C17H18BrF2N3OS/c18-16-4-2-13(25-16)10-22-5-7-23(8-6-22)11-17(24)21-15-3-1-12(19)9-14(15)20/h1-4,9H,5-8,10-11H2,(H,21,24). The number of halogens is 3. The Labute approximate surface area is 157 Å². The Bertz CT molecular complexity index is 747. The van der Waals surface area contributed by atoms with E-state index in [0.717, 1.165) is 48.6 Å². The van der Waals surface area contributed by atoms with Gasteiger partial charge in [-0.05, 0) is 40.2 Å². The van der Waals surface area contributed by atoms with Crippen molar-refractivity contribution in [1.82, 2.24) is 9.80 Å². The molecule has 1 aromatic heterocycles. The minimum atomic E-state index is -0.764. The summed E-state index contributed by atoms with van der Waals surface area (Å²) in [5.41, 5.74) is 0.00769. The molecule has 0 atom stereocenters. The van der Waals surface area contributed by atoms with Crippen molar-refractivity contribution in [3.63, 3.8) is 0 Å².